The van der Waals surface area contributed by atoms with E-state index in [1.54, 1.807) is 7.11 Å². The average Bonchev–Trinajstić information content (AvgIpc) is 2.32. The summed E-state index contributed by atoms with van der Waals surface area (Å²) in [6, 6.07) is 5.60. The van der Waals surface area contributed by atoms with Crippen molar-refractivity contribution in [3.63, 3.8) is 0 Å². The molecule has 0 spiro atoms. The Morgan fingerprint density at radius 3 is 2.76 bits per heavy atom. The van der Waals surface area contributed by atoms with Crippen LogP contribution in [0.2, 0.25) is 0 Å². The van der Waals surface area contributed by atoms with Gasteiger partial charge in [-0.3, -0.25) is 0 Å². The van der Waals surface area contributed by atoms with E-state index in [0.717, 1.165) is 30.0 Å². The molecular weight excluding hydrogens is 218 g/mol. The fourth-order valence-electron chi connectivity index (χ4n) is 1.50. The van der Waals surface area contributed by atoms with Crippen molar-refractivity contribution < 1.29 is 14.2 Å². The lowest BCUT2D eigenvalue weighted by molar-refractivity contribution is 0.0914. The van der Waals surface area contributed by atoms with E-state index in [-0.39, 0.29) is 0 Å². The molecule has 4 nitrogen and oxygen atoms in total. The van der Waals surface area contributed by atoms with Crippen molar-refractivity contribution >= 4 is 5.69 Å². The predicted molar refractivity (Wildman–Crippen MR) is 68.2 cm³/mol. The summed E-state index contributed by atoms with van der Waals surface area (Å²) in [5.74, 6) is 0.841. The maximum Gasteiger partial charge on any atom is 0.124 e. The van der Waals surface area contributed by atoms with Crippen LogP contribution in [-0.2, 0) is 16.1 Å². The standard InChI is InChI=1S/C13H21NO3/c1-3-17-13-6-5-12(14)9-11(13)10-16-8-4-7-15-2/h5-6,9H,3-4,7-8,10,14H2,1-2H3. The SMILES string of the molecule is CCOc1ccc(N)cc1COCCCOC. The molecule has 0 atom stereocenters. The number of methoxy groups -OCH3 is 1. The van der Waals surface area contributed by atoms with E-state index in [9.17, 15) is 0 Å². The molecule has 0 amide bonds. The molecule has 0 aliphatic heterocycles. The fourth-order valence-corrected chi connectivity index (χ4v) is 1.50. The molecule has 0 bridgehead atoms. The second kappa shape index (κ2) is 7.92. The largest absolute Gasteiger partial charge is 0.494 e. The van der Waals surface area contributed by atoms with Crippen LogP contribution >= 0.6 is 0 Å². The maximum absolute atomic E-state index is 5.74. The van der Waals surface area contributed by atoms with E-state index >= 15 is 0 Å². The third kappa shape index (κ3) is 5.06. The molecular formula is C13H21NO3. The molecule has 0 aromatic heterocycles. The Bertz CT molecular complexity index is 328. The first kappa shape index (κ1) is 13.8. The van der Waals surface area contributed by atoms with Gasteiger partial charge in [0.25, 0.3) is 0 Å². The molecule has 2 N–H and O–H groups in total. The van der Waals surface area contributed by atoms with Crippen molar-refractivity contribution in [3.05, 3.63) is 23.8 Å². The van der Waals surface area contributed by atoms with E-state index in [1.807, 2.05) is 25.1 Å². The monoisotopic (exact) mass is 239 g/mol. The highest BCUT2D eigenvalue weighted by Crippen LogP contribution is 2.22. The van der Waals surface area contributed by atoms with E-state index in [0.29, 0.717) is 19.8 Å². The number of anilines is 1. The summed E-state index contributed by atoms with van der Waals surface area (Å²) >= 11 is 0. The zero-order valence-corrected chi connectivity index (χ0v) is 10.6. The minimum atomic E-state index is 0.518. The third-order valence-corrected chi connectivity index (χ3v) is 2.28. The molecule has 0 aliphatic carbocycles. The quantitative estimate of drug-likeness (QED) is 0.558. The summed E-state index contributed by atoms with van der Waals surface area (Å²) < 4.78 is 16.0. The van der Waals surface area contributed by atoms with Gasteiger partial charge < -0.3 is 19.9 Å². The Balaban J connectivity index is 2.47. The molecule has 17 heavy (non-hydrogen) atoms. The van der Waals surface area contributed by atoms with Crippen molar-refractivity contribution in [1.29, 1.82) is 0 Å². The van der Waals surface area contributed by atoms with Crippen molar-refractivity contribution in [3.8, 4) is 5.75 Å². The molecule has 0 radical (unpaired) electrons. The molecule has 0 unspecified atom stereocenters. The van der Waals surface area contributed by atoms with Crippen LogP contribution in [-0.4, -0.2) is 26.9 Å². The van der Waals surface area contributed by atoms with Crippen LogP contribution in [0.15, 0.2) is 18.2 Å². The summed E-state index contributed by atoms with van der Waals surface area (Å²) in [6.45, 7) is 4.51. The van der Waals surface area contributed by atoms with Crippen molar-refractivity contribution in [2.75, 3.05) is 32.7 Å². The van der Waals surface area contributed by atoms with Crippen LogP contribution in [0.4, 0.5) is 5.69 Å². The number of hydrogen-bond acceptors (Lipinski definition) is 4. The number of nitrogen functional groups attached to an aromatic ring is 1. The number of hydrogen-bond donors (Lipinski definition) is 1. The third-order valence-electron chi connectivity index (χ3n) is 2.28. The Kier molecular flexibility index (Phi) is 6.43. The summed E-state index contributed by atoms with van der Waals surface area (Å²) in [5, 5.41) is 0. The van der Waals surface area contributed by atoms with Gasteiger partial charge in [0.15, 0.2) is 0 Å². The molecule has 96 valence electrons. The summed E-state index contributed by atoms with van der Waals surface area (Å²) in [4.78, 5) is 0. The number of ether oxygens (including phenoxy) is 3. The molecule has 1 aromatic carbocycles. The van der Waals surface area contributed by atoms with Crippen molar-refractivity contribution in [1.82, 2.24) is 0 Å². The number of benzene rings is 1. The molecule has 0 saturated heterocycles. The second-order valence-electron chi connectivity index (χ2n) is 3.70. The van der Waals surface area contributed by atoms with Crippen LogP contribution in [0.3, 0.4) is 0 Å². The summed E-state index contributed by atoms with van der Waals surface area (Å²) in [7, 11) is 1.69. The number of rotatable bonds is 8. The van der Waals surface area contributed by atoms with E-state index < -0.39 is 0 Å². The molecule has 1 rings (SSSR count). The first-order chi connectivity index (χ1) is 8.27. The van der Waals surface area contributed by atoms with E-state index in [1.165, 1.54) is 0 Å². The molecule has 0 aliphatic rings. The van der Waals surface area contributed by atoms with Crippen molar-refractivity contribution in [2.24, 2.45) is 0 Å². The maximum atomic E-state index is 5.74. The van der Waals surface area contributed by atoms with Crippen LogP contribution in [0.25, 0.3) is 0 Å². The highest BCUT2D eigenvalue weighted by molar-refractivity contribution is 5.47. The molecule has 4 heteroatoms. The Hall–Kier alpha value is -1.26. The topological polar surface area (TPSA) is 53.7 Å². The average molecular weight is 239 g/mol. The lowest BCUT2D eigenvalue weighted by atomic mass is 10.2. The predicted octanol–water partition coefficient (Wildman–Crippen LogP) is 2.22. The highest BCUT2D eigenvalue weighted by Gasteiger charge is 2.04. The Morgan fingerprint density at radius 2 is 2.06 bits per heavy atom. The summed E-state index contributed by atoms with van der Waals surface area (Å²) in [5.41, 5.74) is 7.46. The lowest BCUT2D eigenvalue weighted by Crippen LogP contribution is -2.03. The van der Waals surface area contributed by atoms with Gasteiger partial charge in [0.2, 0.25) is 0 Å². The second-order valence-corrected chi connectivity index (χ2v) is 3.70. The van der Waals surface area contributed by atoms with Gasteiger partial charge in [0, 0.05) is 31.6 Å². The minimum absolute atomic E-state index is 0.518. The first-order valence-electron chi connectivity index (χ1n) is 5.85. The van der Waals surface area contributed by atoms with Crippen LogP contribution in [0, 0.1) is 0 Å². The Morgan fingerprint density at radius 1 is 1.24 bits per heavy atom. The number of nitrogens with two attached hydrogens (primary N) is 1. The van der Waals surface area contributed by atoms with E-state index in [2.05, 4.69) is 0 Å². The fraction of sp³-hybridized carbons (Fsp3) is 0.538. The van der Waals surface area contributed by atoms with Gasteiger partial charge in [-0.05, 0) is 31.5 Å². The van der Waals surface area contributed by atoms with Gasteiger partial charge in [-0.15, -0.1) is 0 Å². The molecule has 0 fully saturated rings. The van der Waals surface area contributed by atoms with Crippen LogP contribution < -0.4 is 10.5 Å². The molecule has 0 saturated carbocycles. The van der Waals surface area contributed by atoms with Gasteiger partial charge in [-0.2, -0.15) is 0 Å². The van der Waals surface area contributed by atoms with Gasteiger partial charge in [-0.25, -0.2) is 0 Å². The van der Waals surface area contributed by atoms with Gasteiger partial charge in [0.05, 0.1) is 13.2 Å². The zero-order valence-electron chi connectivity index (χ0n) is 10.6. The smallest absolute Gasteiger partial charge is 0.124 e. The van der Waals surface area contributed by atoms with E-state index in [4.69, 9.17) is 19.9 Å². The lowest BCUT2D eigenvalue weighted by Gasteiger charge is -2.11. The van der Waals surface area contributed by atoms with Gasteiger partial charge in [0.1, 0.15) is 5.75 Å². The van der Waals surface area contributed by atoms with Crippen LogP contribution in [0.5, 0.6) is 5.75 Å². The van der Waals surface area contributed by atoms with Crippen LogP contribution in [0.1, 0.15) is 18.9 Å². The van der Waals surface area contributed by atoms with Crippen molar-refractivity contribution in [2.45, 2.75) is 20.0 Å². The zero-order chi connectivity index (χ0) is 12.5. The van der Waals surface area contributed by atoms with Gasteiger partial charge >= 0.3 is 0 Å². The Labute approximate surface area is 103 Å². The molecule has 1 aromatic rings. The highest BCUT2D eigenvalue weighted by atomic mass is 16.5. The first-order valence-corrected chi connectivity index (χ1v) is 5.85. The normalized spacial score (nSPS) is 10.5. The molecule has 0 heterocycles. The summed E-state index contributed by atoms with van der Waals surface area (Å²) in [6.07, 6.45) is 0.892. The minimum Gasteiger partial charge on any atom is -0.494 e. The van der Waals surface area contributed by atoms with Gasteiger partial charge in [-0.1, -0.05) is 0 Å².